The maximum absolute atomic E-state index is 10.8. The summed E-state index contributed by atoms with van der Waals surface area (Å²) >= 11 is 0. The average molecular weight is 237 g/mol. The van der Waals surface area contributed by atoms with Gasteiger partial charge in [0.15, 0.2) is 0 Å². The van der Waals surface area contributed by atoms with Gasteiger partial charge in [0.05, 0.1) is 6.61 Å². The minimum Gasteiger partial charge on any atom is -0.493 e. The van der Waals surface area contributed by atoms with Gasteiger partial charge < -0.3 is 15.6 Å². The van der Waals surface area contributed by atoms with Gasteiger partial charge in [-0.3, -0.25) is 4.79 Å². The monoisotopic (exact) mass is 237 g/mol. The van der Waals surface area contributed by atoms with Crippen molar-refractivity contribution < 1.29 is 14.6 Å². The van der Waals surface area contributed by atoms with E-state index >= 15 is 0 Å². The summed E-state index contributed by atoms with van der Waals surface area (Å²) in [5.41, 5.74) is 6.71. The van der Waals surface area contributed by atoms with Crippen LogP contribution in [0.15, 0.2) is 18.2 Å². The summed E-state index contributed by atoms with van der Waals surface area (Å²) in [7, 11) is 0. The van der Waals surface area contributed by atoms with Gasteiger partial charge in [0, 0.05) is 6.42 Å². The van der Waals surface area contributed by atoms with Crippen LogP contribution >= 0.6 is 0 Å². The summed E-state index contributed by atoms with van der Waals surface area (Å²) in [6.07, 6.45) is 0.273. The predicted octanol–water partition coefficient (Wildman–Crippen LogP) is 1.87. The van der Waals surface area contributed by atoms with E-state index in [1.54, 1.807) is 0 Å². The van der Waals surface area contributed by atoms with Crippen molar-refractivity contribution in [3.63, 3.8) is 0 Å². The molecule has 0 aliphatic heterocycles. The first kappa shape index (κ1) is 13.5. The van der Waals surface area contributed by atoms with E-state index in [-0.39, 0.29) is 6.42 Å². The van der Waals surface area contributed by atoms with Crippen LogP contribution in [-0.2, 0) is 4.79 Å². The Labute approximate surface area is 101 Å². The van der Waals surface area contributed by atoms with E-state index in [4.69, 9.17) is 15.6 Å². The topological polar surface area (TPSA) is 72.5 Å². The Balaban J connectivity index is 2.51. The van der Waals surface area contributed by atoms with Gasteiger partial charge in [-0.05, 0) is 44.0 Å². The van der Waals surface area contributed by atoms with E-state index in [1.807, 2.05) is 32.0 Å². The lowest BCUT2D eigenvalue weighted by Crippen LogP contribution is -2.45. The van der Waals surface area contributed by atoms with Gasteiger partial charge in [0.25, 0.3) is 0 Å². The Morgan fingerprint density at radius 1 is 1.41 bits per heavy atom. The molecule has 0 saturated heterocycles. The number of hydrogen-bond donors (Lipinski definition) is 2. The van der Waals surface area contributed by atoms with Crippen molar-refractivity contribution in [1.29, 1.82) is 0 Å². The second-order valence-electron chi connectivity index (χ2n) is 4.57. The summed E-state index contributed by atoms with van der Waals surface area (Å²) in [6, 6.07) is 5.78. The molecular weight excluding hydrogens is 218 g/mol. The lowest BCUT2D eigenvalue weighted by molar-refractivity contribution is -0.143. The minimum absolute atomic E-state index is 0.273. The molecule has 0 aliphatic carbocycles. The third-order valence-corrected chi connectivity index (χ3v) is 2.86. The highest BCUT2D eigenvalue weighted by atomic mass is 16.5. The Morgan fingerprint density at radius 3 is 2.59 bits per heavy atom. The van der Waals surface area contributed by atoms with Gasteiger partial charge in [-0.2, -0.15) is 0 Å². The van der Waals surface area contributed by atoms with E-state index in [9.17, 15) is 4.79 Å². The van der Waals surface area contributed by atoms with Gasteiger partial charge in [-0.25, -0.2) is 0 Å². The second kappa shape index (κ2) is 5.19. The second-order valence-corrected chi connectivity index (χ2v) is 4.57. The first-order valence-electron chi connectivity index (χ1n) is 5.55. The van der Waals surface area contributed by atoms with Crippen LogP contribution in [0.5, 0.6) is 5.75 Å². The zero-order chi connectivity index (χ0) is 13.1. The summed E-state index contributed by atoms with van der Waals surface area (Å²) in [4.78, 5) is 10.8. The molecule has 1 unspecified atom stereocenters. The van der Waals surface area contributed by atoms with Crippen LogP contribution in [0.25, 0.3) is 0 Å². The number of benzene rings is 1. The molecule has 0 spiro atoms. The third kappa shape index (κ3) is 3.75. The van der Waals surface area contributed by atoms with Crippen LogP contribution in [-0.4, -0.2) is 23.2 Å². The molecule has 1 atom stereocenters. The SMILES string of the molecule is Cc1ccc(OCCC(C)(N)C(=O)O)cc1C. The molecular formula is C13H19NO3. The normalized spacial score (nSPS) is 14.1. The molecule has 0 saturated carbocycles. The summed E-state index contributed by atoms with van der Waals surface area (Å²) < 4.78 is 5.48. The van der Waals surface area contributed by atoms with E-state index in [0.29, 0.717) is 6.61 Å². The number of hydrogen-bond acceptors (Lipinski definition) is 3. The molecule has 1 aromatic carbocycles. The molecule has 0 fully saturated rings. The van der Waals surface area contributed by atoms with Crippen LogP contribution in [0, 0.1) is 13.8 Å². The lowest BCUT2D eigenvalue weighted by Gasteiger charge is -2.19. The standard InChI is InChI=1S/C13H19NO3/c1-9-4-5-11(8-10(9)2)17-7-6-13(3,14)12(15)16/h4-5,8H,6-7,14H2,1-3H3,(H,15,16). The van der Waals surface area contributed by atoms with E-state index < -0.39 is 11.5 Å². The number of aryl methyl sites for hydroxylation is 2. The zero-order valence-corrected chi connectivity index (χ0v) is 10.5. The van der Waals surface area contributed by atoms with Crippen molar-refractivity contribution in [2.75, 3.05) is 6.61 Å². The Hall–Kier alpha value is -1.55. The fourth-order valence-electron chi connectivity index (χ4n) is 1.29. The number of carboxylic acids is 1. The first-order chi connectivity index (χ1) is 7.83. The molecule has 4 heteroatoms. The van der Waals surface area contributed by atoms with Crippen molar-refractivity contribution in [3.8, 4) is 5.75 Å². The van der Waals surface area contributed by atoms with Gasteiger partial charge >= 0.3 is 5.97 Å². The number of rotatable bonds is 5. The summed E-state index contributed by atoms with van der Waals surface area (Å²) in [5, 5.41) is 8.84. The smallest absolute Gasteiger partial charge is 0.323 e. The van der Waals surface area contributed by atoms with Crippen molar-refractivity contribution in [3.05, 3.63) is 29.3 Å². The van der Waals surface area contributed by atoms with Gasteiger partial charge in [0.2, 0.25) is 0 Å². The molecule has 0 aliphatic rings. The highest BCUT2D eigenvalue weighted by molar-refractivity contribution is 5.77. The summed E-state index contributed by atoms with van der Waals surface area (Å²) in [5.74, 6) is -0.268. The molecule has 1 aromatic rings. The molecule has 0 radical (unpaired) electrons. The molecule has 0 aromatic heterocycles. The van der Waals surface area contributed by atoms with Crippen molar-refractivity contribution in [2.24, 2.45) is 5.73 Å². The Kier molecular flexibility index (Phi) is 4.12. The first-order valence-corrected chi connectivity index (χ1v) is 5.55. The van der Waals surface area contributed by atoms with Crippen LogP contribution in [0.3, 0.4) is 0 Å². The van der Waals surface area contributed by atoms with E-state index in [1.165, 1.54) is 12.5 Å². The number of nitrogens with two attached hydrogens (primary N) is 1. The van der Waals surface area contributed by atoms with Crippen molar-refractivity contribution in [1.82, 2.24) is 0 Å². The third-order valence-electron chi connectivity index (χ3n) is 2.86. The maximum Gasteiger partial charge on any atom is 0.323 e. The quantitative estimate of drug-likeness (QED) is 0.820. The van der Waals surface area contributed by atoms with Crippen molar-refractivity contribution >= 4 is 5.97 Å². The molecule has 17 heavy (non-hydrogen) atoms. The highest BCUT2D eigenvalue weighted by Gasteiger charge is 2.27. The largest absolute Gasteiger partial charge is 0.493 e. The van der Waals surface area contributed by atoms with Crippen molar-refractivity contribution in [2.45, 2.75) is 32.7 Å². The molecule has 0 bridgehead atoms. The number of carbonyl (C=O) groups is 1. The molecule has 4 nitrogen and oxygen atoms in total. The van der Waals surface area contributed by atoms with Crippen LogP contribution in [0.2, 0.25) is 0 Å². The average Bonchev–Trinajstić information content (AvgIpc) is 2.23. The summed E-state index contributed by atoms with van der Waals surface area (Å²) in [6.45, 7) is 5.81. The fourth-order valence-corrected chi connectivity index (χ4v) is 1.29. The van der Waals surface area contributed by atoms with E-state index in [2.05, 4.69) is 0 Å². The number of aliphatic carboxylic acids is 1. The number of carboxylic acid groups (broad SMARTS) is 1. The van der Waals surface area contributed by atoms with Crippen LogP contribution in [0.4, 0.5) is 0 Å². The molecule has 94 valence electrons. The molecule has 3 N–H and O–H groups in total. The van der Waals surface area contributed by atoms with Gasteiger partial charge in [-0.15, -0.1) is 0 Å². The zero-order valence-electron chi connectivity index (χ0n) is 10.5. The van der Waals surface area contributed by atoms with Gasteiger partial charge in [0.1, 0.15) is 11.3 Å². The Bertz CT molecular complexity index is 413. The lowest BCUT2D eigenvalue weighted by atomic mass is 10.0. The number of ether oxygens (including phenoxy) is 1. The predicted molar refractivity (Wildman–Crippen MR) is 66.3 cm³/mol. The fraction of sp³-hybridized carbons (Fsp3) is 0.462. The maximum atomic E-state index is 10.8. The van der Waals surface area contributed by atoms with E-state index in [0.717, 1.165) is 11.3 Å². The van der Waals surface area contributed by atoms with Crippen LogP contribution in [0.1, 0.15) is 24.5 Å². The molecule has 1 rings (SSSR count). The minimum atomic E-state index is -1.24. The highest BCUT2D eigenvalue weighted by Crippen LogP contribution is 2.17. The van der Waals surface area contributed by atoms with Gasteiger partial charge in [-0.1, -0.05) is 6.07 Å². The Morgan fingerprint density at radius 2 is 2.06 bits per heavy atom. The molecule has 0 heterocycles. The molecule has 0 amide bonds. The van der Waals surface area contributed by atoms with Crippen LogP contribution < -0.4 is 10.5 Å².